The molecular weight excluding hydrogens is 317 g/mol. The highest BCUT2D eigenvalue weighted by Gasteiger charge is 2.17. The van der Waals surface area contributed by atoms with Gasteiger partial charge in [0, 0.05) is 11.3 Å². The van der Waals surface area contributed by atoms with Crippen LogP contribution in [0.1, 0.15) is 0 Å². The number of hydrogen-bond acceptors (Lipinski definition) is 4. The number of nitro groups is 1. The first-order valence-electron chi connectivity index (χ1n) is 5.75. The number of imidazole rings is 1. The highest BCUT2D eigenvalue weighted by atomic mass is 35.5. The maximum absolute atomic E-state index is 10.9. The second-order valence-electron chi connectivity index (χ2n) is 4.13. The van der Waals surface area contributed by atoms with Gasteiger partial charge < -0.3 is 0 Å². The van der Waals surface area contributed by atoms with Crippen molar-refractivity contribution >= 4 is 28.9 Å². The van der Waals surface area contributed by atoms with Gasteiger partial charge in [-0.1, -0.05) is 35.3 Å². The molecule has 0 spiro atoms. The molecule has 2 aromatic heterocycles. The first kappa shape index (κ1) is 13.6. The number of aromatic nitrogens is 4. The second kappa shape index (κ2) is 5.19. The predicted octanol–water partition coefficient (Wildman–Crippen LogP) is 3.48. The number of nitrogens with one attached hydrogen (secondary N) is 1. The monoisotopic (exact) mass is 323 g/mol. The molecule has 21 heavy (non-hydrogen) atoms. The summed E-state index contributed by atoms with van der Waals surface area (Å²) in [5, 5.41) is 17.7. The molecule has 3 rings (SSSR count). The molecule has 3 aromatic rings. The van der Waals surface area contributed by atoms with Crippen LogP contribution in [0.25, 0.3) is 16.9 Å². The fraction of sp³-hybridized carbons (Fsp3) is 0. The van der Waals surface area contributed by atoms with Crippen molar-refractivity contribution in [3.63, 3.8) is 0 Å². The van der Waals surface area contributed by atoms with Crippen molar-refractivity contribution in [1.29, 1.82) is 0 Å². The largest absolute Gasteiger partial charge is 0.314 e. The molecule has 0 atom stereocenters. The van der Waals surface area contributed by atoms with E-state index in [2.05, 4.69) is 15.2 Å². The number of aromatic amines is 1. The third kappa shape index (κ3) is 2.37. The first-order chi connectivity index (χ1) is 10.1. The van der Waals surface area contributed by atoms with Crippen LogP contribution >= 0.6 is 23.2 Å². The number of hydrogen-bond donors (Lipinski definition) is 1. The van der Waals surface area contributed by atoms with Gasteiger partial charge in [0.25, 0.3) is 0 Å². The van der Waals surface area contributed by atoms with E-state index in [-0.39, 0.29) is 10.8 Å². The van der Waals surface area contributed by atoms with Gasteiger partial charge in [-0.15, -0.1) is 0 Å². The molecule has 2 heterocycles. The molecule has 0 radical (unpaired) electrons. The van der Waals surface area contributed by atoms with Gasteiger partial charge in [0.15, 0.2) is 10.3 Å². The van der Waals surface area contributed by atoms with Gasteiger partial charge in [-0.05, 0) is 12.1 Å². The topological polar surface area (TPSA) is 89.6 Å². The summed E-state index contributed by atoms with van der Waals surface area (Å²) in [6.07, 6.45) is 2.67. The summed E-state index contributed by atoms with van der Waals surface area (Å²) >= 11 is 11.8. The fourth-order valence-electron chi connectivity index (χ4n) is 1.91. The molecule has 0 saturated carbocycles. The van der Waals surface area contributed by atoms with Crippen molar-refractivity contribution in [2.75, 3.05) is 0 Å². The maximum atomic E-state index is 10.9. The molecule has 0 unspecified atom stereocenters. The van der Waals surface area contributed by atoms with Crippen LogP contribution in [0.5, 0.6) is 0 Å². The molecule has 106 valence electrons. The van der Waals surface area contributed by atoms with E-state index in [0.717, 1.165) is 5.69 Å². The average molecular weight is 324 g/mol. The van der Waals surface area contributed by atoms with Gasteiger partial charge in [0.05, 0.1) is 4.92 Å². The number of H-pyrrole nitrogens is 1. The predicted molar refractivity (Wildman–Crippen MR) is 77.8 cm³/mol. The van der Waals surface area contributed by atoms with Crippen molar-refractivity contribution in [2.45, 2.75) is 0 Å². The zero-order chi connectivity index (χ0) is 15.0. The van der Waals surface area contributed by atoms with Gasteiger partial charge in [-0.2, -0.15) is 5.10 Å². The van der Waals surface area contributed by atoms with Crippen molar-refractivity contribution in [1.82, 2.24) is 19.7 Å². The Labute approximate surface area is 128 Å². The Morgan fingerprint density at radius 2 is 1.95 bits per heavy atom. The summed E-state index contributed by atoms with van der Waals surface area (Å²) in [7, 11) is 0. The Morgan fingerprint density at radius 1 is 1.24 bits per heavy atom. The Hall–Kier alpha value is -2.38. The summed E-state index contributed by atoms with van der Waals surface area (Å²) in [5.74, 6) is 0. The smallest absolute Gasteiger partial charge is 0.288 e. The molecule has 0 amide bonds. The second-order valence-corrected chi connectivity index (χ2v) is 4.85. The van der Waals surface area contributed by atoms with Crippen LogP contribution in [0.4, 0.5) is 5.69 Å². The van der Waals surface area contributed by atoms with Crippen molar-refractivity contribution < 1.29 is 4.92 Å². The Morgan fingerprint density at radius 3 is 2.52 bits per heavy atom. The van der Waals surface area contributed by atoms with Crippen LogP contribution in [0.3, 0.4) is 0 Å². The van der Waals surface area contributed by atoms with E-state index in [0.29, 0.717) is 16.4 Å². The van der Waals surface area contributed by atoms with Crippen LogP contribution in [0.2, 0.25) is 10.3 Å². The van der Waals surface area contributed by atoms with Gasteiger partial charge in [-0.3, -0.25) is 19.8 Å². The van der Waals surface area contributed by atoms with Crippen LogP contribution in [-0.4, -0.2) is 24.7 Å². The molecule has 0 fully saturated rings. The van der Waals surface area contributed by atoms with E-state index in [1.807, 2.05) is 0 Å². The fourth-order valence-corrected chi connectivity index (χ4v) is 2.24. The lowest BCUT2D eigenvalue weighted by Gasteiger charge is -2.05. The average Bonchev–Trinajstić information content (AvgIpc) is 3.08. The zero-order valence-corrected chi connectivity index (χ0v) is 11.8. The minimum absolute atomic E-state index is 0.0774. The summed E-state index contributed by atoms with van der Waals surface area (Å²) in [5.41, 5.74) is 1.66. The third-order valence-corrected chi connectivity index (χ3v) is 3.65. The summed E-state index contributed by atoms with van der Waals surface area (Å²) in [6.45, 7) is 0. The molecule has 9 heteroatoms. The van der Waals surface area contributed by atoms with E-state index in [4.69, 9.17) is 23.2 Å². The number of halogens is 2. The summed E-state index contributed by atoms with van der Waals surface area (Å²) in [4.78, 5) is 14.3. The lowest BCUT2D eigenvalue weighted by molar-refractivity contribution is -0.384. The molecule has 0 aliphatic rings. The van der Waals surface area contributed by atoms with E-state index < -0.39 is 4.92 Å². The minimum Gasteiger partial charge on any atom is -0.288 e. The van der Waals surface area contributed by atoms with Crippen LogP contribution in [0, 0.1) is 10.1 Å². The van der Waals surface area contributed by atoms with Crippen LogP contribution in [0.15, 0.2) is 36.8 Å². The van der Waals surface area contributed by atoms with Crippen molar-refractivity contribution in [2.24, 2.45) is 0 Å². The normalized spacial score (nSPS) is 10.8. The van der Waals surface area contributed by atoms with E-state index in [9.17, 15) is 10.1 Å². The molecule has 1 N–H and O–H groups in total. The van der Waals surface area contributed by atoms with Crippen molar-refractivity contribution in [3.8, 4) is 16.9 Å². The number of rotatable bonds is 3. The summed E-state index contributed by atoms with van der Waals surface area (Å²) < 4.78 is 1.61. The molecule has 7 nitrogen and oxygen atoms in total. The Bertz CT molecular complexity index is 809. The minimum atomic E-state index is -0.487. The zero-order valence-electron chi connectivity index (χ0n) is 10.3. The van der Waals surface area contributed by atoms with Gasteiger partial charge in [-0.25, -0.2) is 4.98 Å². The maximum Gasteiger partial charge on any atom is 0.314 e. The quantitative estimate of drug-likeness (QED) is 0.590. The van der Waals surface area contributed by atoms with E-state index in [1.54, 1.807) is 28.8 Å². The molecule has 0 saturated heterocycles. The van der Waals surface area contributed by atoms with Gasteiger partial charge >= 0.3 is 5.69 Å². The van der Waals surface area contributed by atoms with Crippen molar-refractivity contribution in [3.05, 3.63) is 57.2 Å². The molecular formula is C12H7Cl2N5O2. The molecule has 0 bridgehead atoms. The van der Waals surface area contributed by atoms with Crippen LogP contribution in [-0.2, 0) is 0 Å². The SMILES string of the molecule is O=[N+]([O-])c1cn[nH]c1-c1ccc(-n2cnc(Cl)c2Cl)cc1. The molecule has 0 aliphatic heterocycles. The van der Waals surface area contributed by atoms with Crippen LogP contribution < -0.4 is 0 Å². The highest BCUT2D eigenvalue weighted by Crippen LogP contribution is 2.29. The number of benzene rings is 1. The number of nitrogens with zero attached hydrogens (tertiary/aromatic N) is 4. The third-order valence-electron chi connectivity index (χ3n) is 2.92. The highest BCUT2D eigenvalue weighted by molar-refractivity contribution is 6.40. The molecule has 1 aromatic carbocycles. The van der Waals surface area contributed by atoms with E-state index in [1.165, 1.54) is 12.5 Å². The van der Waals surface area contributed by atoms with Gasteiger partial charge in [0.1, 0.15) is 18.2 Å². The van der Waals surface area contributed by atoms with E-state index >= 15 is 0 Å². The Balaban J connectivity index is 2.00. The Kier molecular flexibility index (Phi) is 3.36. The standard InChI is InChI=1S/C12H7Cl2N5O2/c13-11-12(14)18(6-15-11)8-3-1-7(2-4-8)10-9(19(20)21)5-16-17-10/h1-6H,(H,16,17). The van der Waals surface area contributed by atoms with Gasteiger partial charge in [0.2, 0.25) is 0 Å². The first-order valence-corrected chi connectivity index (χ1v) is 6.50. The lowest BCUT2D eigenvalue weighted by Crippen LogP contribution is -1.93. The lowest BCUT2D eigenvalue weighted by atomic mass is 10.1. The molecule has 0 aliphatic carbocycles. The summed E-state index contributed by atoms with van der Waals surface area (Å²) in [6, 6.07) is 6.95.